The van der Waals surface area contributed by atoms with Gasteiger partial charge in [-0.25, -0.2) is 4.63 Å². The van der Waals surface area contributed by atoms with Crippen LogP contribution in [0.15, 0.2) is 53.3 Å². The third-order valence-electron chi connectivity index (χ3n) is 3.33. The predicted octanol–water partition coefficient (Wildman–Crippen LogP) is 2.96. The predicted molar refractivity (Wildman–Crippen MR) is 78.1 cm³/mol. The molecule has 6 heteroatoms. The molecule has 0 aliphatic heterocycles. The standard InChI is InChI=1S/C15H10N4O2/c20-15(10-1-3-13-14(8-10)19-21-18-13)17-11-2-4-12-9(7-11)5-6-16-12/h1-8,16H,(H,17,20). The van der Waals surface area contributed by atoms with Gasteiger partial charge in [-0.05, 0) is 52.8 Å². The summed E-state index contributed by atoms with van der Waals surface area (Å²) in [6.07, 6.45) is 1.86. The number of aromatic nitrogens is 3. The van der Waals surface area contributed by atoms with E-state index in [1.807, 2.05) is 30.5 Å². The lowest BCUT2D eigenvalue weighted by molar-refractivity contribution is 0.102. The van der Waals surface area contributed by atoms with Crippen molar-refractivity contribution in [1.29, 1.82) is 0 Å². The molecule has 2 aromatic carbocycles. The van der Waals surface area contributed by atoms with Crippen molar-refractivity contribution in [2.45, 2.75) is 0 Å². The van der Waals surface area contributed by atoms with Crippen molar-refractivity contribution in [1.82, 2.24) is 15.3 Å². The molecule has 0 atom stereocenters. The van der Waals surface area contributed by atoms with Gasteiger partial charge >= 0.3 is 0 Å². The molecule has 0 spiro atoms. The summed E-state index contributed by atoms with van der Waals surface area (Å²) in [6.45, 7) is 0. The maximum Gasteiger partial charge on any atom is 0.255 e. The SMILES string of the molecule is O=C(Nc1ccc2[nH]ccc2c1)c1ccc2nonc2c1. The Hall–Kier alpha value is -3.15. The summed E-state index contributed by atoms with van der Waals surface area (Å²) in [7, 11) is 0. The van der Waals surface area contributed by atoms with Crippen LogP contribution in [0.3, 0.4) is 0 Å². The van der Waals surface area contributed by atoms with Crippen molar-refractivity contribution in [3.63, 3.8) is 0 Å². The number of fused-ring (bicyclic) bond motifs is 2. The molecule has 102 valence electrons. The molecule has 0 saturated heterocycles. The number of anilines is 1. The van der Waals surface area contributed by atoms with Crippen LogP contribution in [0, 0.1) is 0 Å². The number of hydrogen-bond donors (Lipinski definition) is 2. The molecular formula is C15H10N4O2. The third-order valence-corrected chi connectivity index (χ3v) is 3.33. The zero-order chi connectivity index (χ0) is 14.2. The van der Waals surface area contributed by atoms with E-state index in [1.165, 1.54) is 0 Å². The van der Waals surface area contributed by atoms with Gasteiger partial charge in [0, 0.05) is 28.4 Å². The lowest BCUT2D eigenvalue weighted by Crippen LogP contribution is -2.11. The van der Waals surface area contributed by atoms with Gasteiger partial charge in [-0.3, -0.25) is 4.79 Å². The monoisotopic (exact) mass is 278 g/mol. The molecule has 0 aliphatic carbocycles. The fourth-order valence-electron chi connectivity index (χ4n) is 2.26. The number of carbonyl (C=O) groups is 1. The molecule has 4 aromatic rings. The molecule has 0 unspecified atom stereocenters. The zero-order valence-corrected chi connectivity index (χ0v) is 10.8. The maximum absolute atomic E-state index is 12.3. The Bertz CT molecular complexity index is 954. The molecule has 0 radical (unpaired) electrons. The highest BCUT2D eigenvalue weighted by molar-refractivity contribution is 6.06. The molecule has 0 saturated carbocycles. The van der Waals surface area contributed by atoms with E-state index in [0.717, 1.165) is 16.6 Å². The number of H-pyrrole nitrogens is 1. The summed E-state index contributed by atoms with van der Waals surface area (Å²) in [4.78, 5) is 15.4. The normalized spacial score (nSPS) is 11.0. The largest absolute Gasteiger partial charge is 0.361 e. The van der Waals surface area contributed by atoms with Crippen molar-refractivity contribution in [2.24, 2.45) is 0 Å². The van der Waals surface area contributed by atoms with Gasteiger partial charge < -0.3 is 10.3 Å². The van der Waals surface area contributed by atoms with E-state index < -0.39 is 0 Å². The second kappa shape index (κ2) is 4.45. The van der Waals surface area contributed by atoms with Crippen LogP contribution >= 0.6 is 0 Å². The van der Waals surface area contributed by atoms with Crippen LogP contribution in [0.4, 0.5) is 5.69 Å². The van der Waals surface area contributed by atoms with Gasteiger partial charge in [0.1, 0.15) is 11.0 Å². The topological polar surface area (TPSA) is 83.8 Å². The first-order valence-electron chi connectivity index (χ1n) is 6.40. The highest BCUT2D eigenvalue weighted by Crippen LogP contribution is 2.19. The van der Waals surface area contributed by atoms with Crippen molar-refractivity contribution >= 4 is 33.5 Å². The molecule has 2 heterocycles. The van der Waals surface area contributed by atoms with Crippen LogP contribution in [0.5, 0.6) is 0 Å². The molecule has 0 bridgehead atoms. The van der Waals surface area contributed by atoms with Gasteiger partial charge in [-0.15, -0.1) is 0 Å². The Morgan fingerprint density at radius 1 is 1.05 bits per heavy atom. The molecular weight excluding hydrogens is 268 g/mol. The highest BCUT2D eigenvalue weighted by atomic mass is 16.6. The van der Waals surface area contributed by atoms with E-state index >= 15 is 0 Å². The first-order chi connectivity index (χ1) is 10.3. The summed E-state index contributed by atoms with van der Waals surface area (Å²) in [5.41, 5.74) is 3.46. The van der Waals surface area contributed by atoms with Crippen LogP contribution in [0.2, 0.25) is 0 Å². The van der Waals surface area contributed by atoms with E-state index in [4.69, 9.17) is 0 Å². The van der Waals surface area contributed by atoms with Gasteiger partial charge in [0.25, 0.3) is 5.91 Å². The second-order valence-corrected chi connectivity index (χ2v) is 4.70. The average Bonchev–Trinajstić information content (AvgIpc) is 3.14. The van der Waals surface area contributed by atoms with E-state index in [1.54, 1.807) is 18.2 Å². The first-order valence-corrected chi connectivity index (χ1v) is 6.40. The number of amides is 1. The van der Waals surface area contributed by atoms with E-state index in [0.29, 0.717) is 16.6 Å². The number of nitrogens with one attached hydrogen (secondary N) is 2. The number of hydrogen-bond acceptors (Lipinski definition) is 4. The molecule has 0 aliphatic rings. The molecule has 4 rings (SSSR count). The zero-order valence-electron chi connectivity index (χ0n) is 10.8. The van der Waals surface area contributed by atoms with Crippen molar-refractivity contribution in [2.75, 3.05) is 5.32 Å². The fraction of sp³-hybridized carbons (Fsp3) is 0. The van der Waals surface area contributed by atoms with Gasteiger partial charge in [0.05, 0.1) is 0 Å². The van der Waals surface area contributed by atoms with Gasteiger partial charge in [0.2, 0.25) is 0 Å². The first kappa shape index (κ1) is 11.7. The number of carbonyl (C=O) groups excluding carboxylic acids is 1. The Morgan fingerprint density at radius 3 is 2.90 bits per heavy atom. The summed E-state index contributed by atoms with van der Waals surface area (Å²) < 4.78 is 4.62. The smallest absolute Gasteiger partial charge is 0.255 e. The third kappa shape index (κ3) is 2.02. The van der Waals surface area contributed by atoms with Gasteiger partial charge in [0.15, 0.2) is 0 Å². The molecule has 2 aromatic heterocycles. The lowest BCUT2D eigenvalue weighted by Gasteiger charge is -2.05. The maximum atomic E-state index is 12.3. The molecule has 21 heavy (non-hydrogen) atoms. The van der Waals surface area contributed by atoms with Crippen molar-refractivity contribution < 1.29 is 9.42 Å². The minimum atomic E-state index is -0.199. The van der Waals surface area contributed by atoms with Gasteiger partial charge in [-0.2, -0.15) is 0 Å². The molecule has 6 nitrogen and oxygen atoms in total. The number of nitrogens with zero attached hydrogens (tertiary/aromatic N) is 2. The van der Waals surface area contributed by atoms with Crippen LogP contribution in [0.25, 0.3) is 21.9 Å². The Labute approximate surface area is 118 Å². The second-order valence-electron chi connectivity index (χ2n) is 4.70. The Morgan fingerprint density at radius 2 is 1.95 bits per heavy atom. The van der Waals surface area contributed by atoms with E-state index in [2.05, 4.69) is 25.2 Å². The van der Waals surface area contributed by atoms with Crippen molar-refractivity contribution in [3.8, 4) is 0 Å². The highest BCUT2D eigenvalue weighted by Gasteiger charge is 2.09. The van der Waals surface area contributed by atoms with Crippen LogP contribution in [-0.2, 0) is 0 Å². The fourth-order valence-corrected chi connectivity index (χ4v) is 2.26. The van der Waals surface area contributed by atoms with Crippen LogP contribution in [-0.4, -0.2) is 21.2 Å². The summed E-state index contributed by atoms with van der Waals surface area (Å²) in [5, 5.41) is 11.4. The Balaban J connectivity index is 1.64. The molecule has 0 fully saturated rings. The molecule has 1 amide bonds. The molecule has 2 N–H and O–H groups in total. The minimum absolute atomic E-state index is 0.199. The van der Waals surface area contributed by atoms with Crippen LogP contribution in [0.1, 0.15) is 10.4 Å². The van der Waals surface area contributed by atoms with E-state index in [-0.39, 0.29) is 5.91 Å². The van der Waals surface area contributed by atoms with E-state index in [9.17, 15) is 4.79 Å². The number of rotatable bonds is 2. The summed E-state index contributed by atoms with van der Waals surface area (Å²) in [5.74, 6) is -0.199. The minimum Gasteiger partial charge on any atom is -0.361 e. The number of aromatic amines is 1. The summed E-state index contributed by atoms with van der Waals surface area (Å²) in [6, 6.07) is 12.7. The number of benzene rings is 2. The van der Waals surface area contributed by atoms with Gasteiger partial charge in [-0.1, -0.05) is 0 Å². The Kier molecular flexibility index (Phi) is 2.47. The quantitative estimate of drug-likeness (QED) is 0.590. The van der Waals surface area contributed by atoms with Crippen LogP contribution < -0.4 is 5.32 Å². The lowest BCUT2D eigenvalue weighted by atomic mass is 10.1. The van der Waals surface area contributed by atoms with Crippen molar-refractivity contribution in [3.05, 3.63) is 54.2 Å². The summed E-state index contributed by atoms with van der Waals surface area (Å²) >= 11 is 0. The average molecular weight is 278 g/mol.